The van der Waals surface area contributed by atoms with Crippen LogP contribution >= 0.6 is 0 Å². The van der Waals surface area contributed by atoms with Gasteiger partial charge in [-0.2, -0.15) is 0 Å². The van der Waals surface area contributed by atoms with Crippen LogP contribution in [0.15, 0.2) is 6.33 Å². The number of hydrogen-bond acceptors (Lipinski definition) is 6. The number of imidazole rings is 1. The van der Waals surface area contributed by atoms with Crippen LogP contribution in [-0.2, 0) is 9.53 Å². The van der Waals surface area contributed by atoms with E-state index in [1.165, 1.54) is 7.11 Å². The van der Waals surface area contributed by atoms with Crippen LogP contribution in [-0.4, -0.2) is 32.6 Å². The van der Waals surface area contributed by atoms with Crippen molar-refractivity contribution in [2.24, 2.45) is 5.92 Å². The van der Waals surface area contributed by atoms with Crippen molar-refractivity contribution in [3.05, 3.63) is 12.2 Å². The molecule has 106 valence electrons. The second-order valence-corrected chi connectivity index (χ2v) is 5.17. The minimum absolute atomic E-state index is 0.0391. The van der Waals surface area contributed by atoms with Gasteiger partial charge in [-0.3, -0.25) is 4.79 Å². The van der Waals surface area contributed by atoms with Gasteiger partial charge in [-0.05, 0) is 26.2 Å². The lowest BCUT2D eigenvalue weighted by molar-refractivity contribution is -0.145. The van der Waals surface area contributed by atoms with Gasteiger partial charge in [0.2, 0.25) is 0 Å². The summed E-state index contributed by atoms with van der Waals surface area (Å²) in [6.07, 6.45) is 4.23. The van der Waals surface area contributed by atoms with E-state index < -0.39 is 0 Å². The molecule has 0 bridgehead atoms. The van der Waals surface area contributed by atoms with E-state index in [2.05, 4.69) is 15.0 Å². The highest BCUT2D eigenvalue weighted by Gasteiger charge is 2.32. The molecule has 7 heteroatoms. The van der Waals surface area contributed by atoms with Crippen molar-refractivity contribution in [3.63, 3.8) is 0 Å². The topological polar surface area (TPSA) is 95.9 Å². The minimum Gasteiger partial charge on any atom is -0.469 e. The minimum atomic E-state index is -0.137. The first-order chi connectivity index (χ1) is 9.60. The molecule has 0 aliphatic heterocycles. The summed E-state index contributed by atoms with van der Waals surface area (Å²) in [6, 6.07) is 0.206. The number of rotatable bonds is 2. The zero-order chi connectivity index (χ0) is 14.3. The third kappa shape index (κ3) is 1.99. The molecule has 0 unspecified atom stereocenters. The fourth-order valence-electron chi connectivity index (χ4n) is 2.91. The highest BCUT2D eigenvalue weighted by atomic mass is 16.5. The maximum atomic E-state index is 11.6. The van der Waals surface area contributed by atoms with Gasteiger partial charge < -0.3 is 15.0 Å². The molecule has 20 heavy (non-hydrogen) atoms. The van der Waals surface area contributed by atoms with Crippen LogP contribution in [0.5, 0.6) is 0 Å². The Morgan fingerprint density at radius 3 is 3.00 bits per heavy atom. The summed E-state index contributed by atoms with van der Waals surface area (Å²) >= 11 is 0. The molecule has 1 fully saturated rings. The first-order valence-electron chi connectivity index (χ1n) is 6.64. The number of fused-ring (bicyclic) bond motifs is 1. The summed E-state index contributed by atoms with van der Waals surface area (Å²) in [7, 11) is 1.43. The zero-order valence-corrected chi connectivity index (χ0v) is 11.5. The molecular formula is C13H17N5O2. The maximum Gasteiger partial charge on any atom is 0.308 e. The number of carbonyl (C=O) groups excluding carboxylic acids is 1. The van der Waals surface area contributed by atoms with Crippen LogP contribution in [0, 0.1) is 12.8 Å². The number of nitrogens with two attached hydrogens (primary N) is 1. The van der Waals surface area contributed by atoms with Crippen LogP contribution in [0.3, 0.4) is 0 Å². The number of methoxy groups -OCH3 is 1. The highest BCUT2D eigenvalue weighted by molar-refractivity contribution is 5.81. The standard InChI is InChI=1S/C13H17N5O2/c1-7-16-11(14)10-12(17-7)18(6-15-10)9-4-3-8(5-9)13(19)20-2/h6,8-9H,3-5H2,1-2H3,(H2,14,16,17)/t8-,9-/m1/s1. The number of nitrogens with zero attached hydrogens (tertiary/aromatic N) is 4. The fourth-order valence-corrected chi connectivity index (χ4v) is 2.91. The van der Waals surface area contributed by atoms with Gasteiger partial charge in [0.25, 0.3) is 0 Å². The average molecular weight is 275 g/mol. The predicted molar refractivity (Wildman–Crippen MR) is 72.9 cm³/mol. The first-order valence-corrected chi connectivity index (χ1v) is 6.64. The van der Waals surface area contributed by atoms with Crippen molar-refractivity contribution >= 4 is 23.0 Å². The lowest BCUT2D eigenvalue weighted by atomic mass is 10.1. The molecule has 2 N–H and O–H groups in total. The maximum absolute atomic E-state index is 11.6. The molecule has 3 rings (SSSR count). The van der Waals surface area contributed by atoms with Crippen LogP contribution < -0.4 is 5.73 Å². The predicted octanol–water partition coefficient (Wildman–Crippen LogP) is 1.23. The number of ether oxygens (including phenoxy) is 1. The molecule has 2 aromatic rings. The summed E-state index contributed by atoms with van der Waals surface area (Å²) < 4.78 is 6.82. The summed E-state index contributed by atoms with van der Waals surface area (Å²) in [5.41, 5.74) is 7.23. The molecule has 0 amide bonds. The molecule has 2 atom stereocenters. The van der Waals surface area contributed by atoms with Crippen molar-refractivity contribution in [3.8, 4) is 0 Å². The van der Waals surface area contributed by atoms with E-state index in [1.54, 1.807) is 13.3 Å². The Balaban J connectivity index is 1.94. The van der Waals surface area contributed by atoms with Gasteiger partial charge in [0.05, 0.1) is 19.4 Å². The van der Waals surface area contributed by atoms with Gasteiger partial charge in [-0.1, -0.05) is 0 Å². The molecule has 0 spiro atoms. The first kappa shape index (κ1) is 12.8. The van der Waals surface area contributed by atoms with Gasteiger partial charge in [0.15, 0.2) is 11.5 Å². The Hall–Kier alpha value is -2.18. The van der Waals surface area contributed by atoms with Gasteiger partial charge >= 0.3 is 5.97 Å². The van der Waals surface area contributed by atoms with Crippen LogP contribution in [0.25, 0.3) is 11.2 Å². The molecule has 0 radical (unpaired) electrons. The quantitative estimate of drug-likeness (QED) is 0.828. The molecule has 2 aromatic heterocycles. The summed E-state index contributed by atoms with van der Waals surface area (Å²) in [5, 5.41) is 0. The van der Waals surface area contributed by atoms with Gasteiger partial charge in [0.1, 0.15) is 11.3 Å². The van der Waals surface area contributed by atoms with Gasteiger partial charge in [-0.25, -0.2) is 15.0 Å². The molecular weight excluding hydrogens is 258 g/mol. The number of aromatic nitrogens is 4. The van der Waals surface area contributed by atoms with E-state index in [0.717, 1.165) is 24.9 Å². The van der Waals surface area contributed by atoms with Gasteiger partial charge in [-0.15, -0.1) is 0 Å². The zero-order valence-electron chi connectivity index (χ0n) is 11.5. The number of esters is 1. The third-order valence-corrected chi connectivity index (χ3v) is 3.89. The lowest BCUT2D eigenvalue weighted by Gasteiger charge is -2.12. The summed E-state index contributed by atoms with van der Waals surface area (Å²) in [5.74, 6) is 0.845. The largest absolute Gasteiger partial charge is 0.469 e. The molecule has 0 aromatic carbocycles. The third-order valence-electron chi connectivity index (χ3n) is 3.89. The average Bonchev–Trinajstić information content (AvgIpc) is 3.03. The second kappa shape index (κ2) is 4.73. The van der Waals surface area contributed by atoms with Crippen molar-refractivity contribution in [1.82, 2.24) is 19.5 Å². The van der Waals surface area contributed by atoms with E-state index in [9.17, 15) is 4.79 Å². The van der Waals surface area contributed by atoms with Crippen LogP contribution in [0.2, 0.25) is 0 Å². The number of aryl methyl sites for hydroxylation is 1. The normalized spacial score (nSPS) is 22.3. The second-order valence-electron chi connectivity index (χ2n) is 5.17. The number of hydrogen-bond donors (Lipinski definition) is 1. The van der Waals surface area contributed by atoms with Crippen LogP contribution in [0.4, 0.5) is 5.82 Å². The van der Waals surface area contributed by atoms with E-state index in [4.69, 9.17) is 10.5 Å². The molecule has 2 heterocycles. The van der Waals surface area contributed by atoms with E-state index in [-0.39, 0.29) is 17.9 Å². The van der Waals surface area contributed by atoms with Crippen molar-refractivity contribution in [2.75, 3.05) is 12.8 Å². The van der Waals surface area contributed by atoms with Crippen molar-refractivity contribution in [2.45, 2.75) is 32.2 Å². The summed E-state index contributed by atoms with van der Waals surface area (Å²) in [4.78, 5) is 24.4. The Morgan fingerprint density at radius 2 is 2.25 bits per heavy atom. The van der Waals surface area contributed by atoms with E-state index >= 15 is 0 Å². The van der Waals surface area contributed by atoms with Crippen molar-refractivity contribution < 1.29 is 9.53 Å². The van der Waals surface area contributed by atoms with E-state index in [0.29, 0.717) is 17.2 Å². The fraction of sp³-hybridized carbons (Fsp3) is 0.538. The Morgan fingerprint density at radius 1 is 1.45 bits per heavy atom. The lowest BCUT2D eigenvalue weighted by Crippen LogP contribution is -2.14. The molecule has 1 aliphatic carbocycles. The Kier molecular flexibility index (Phi) is 3.04. The SMILES string of the molecule is COC(=O)[C@@H]1CC[C@@H](n2cnc3c(N)nc(C)nc32)C1. The number of carbonyl (C=O) groups is 1. The smallest absolute Gasteiger partial charge is 0.308 e. The van der Waals surface area contributed by atoms with Crippen molar-refractivity contribution in [1.29, 1.82) is 0 Å². The molecule has 1 aliphatic rings. The highest BCUT2D eigenvalue weighted by Crippen LogP contribution is 2.36. The molecule has 1 saturated carbocycles. The Labute approximate surface area is 116 Å². The van der Waals surface area contributed by atoms with Gasteiger partial charge in [0, 0.05) is 6.04 Å². The summed E-state index contributed by atoms with van der Waals surface area (Å²) in [6.45, 7) is 1.80. The monoisotopic (exact) mass is 275 g/mol. The number of anilines is 1. The molecule has 7 nitrogen and oxygen atoms in total. The van der Waals surface area contributed by atoms with Crippen LogP contribution in [0.1, 0.15) is 31.1 Å². The molecule has 0 saturated heterocycles. The van der Waals surface area contributed by atoms with E-state index in [1.807, 2.05) is 4.57 Å². The Bertz CT molecular complexity index is 666. The number of nitrogen functional groups attached to an aromatic ring is 1.